The summed E-state index contributed by atoms with van der Waals surface area (Å²) in [6, 6.07) is 14.6. The Balaban J connectivity index is 1.59. The second-order valence-electron chi connectivity index (χ2n) is 8.77. The number of aromatic nitrogens is 3. The normalized spacial score (nSPS) is 16.2. The lowest BCUT2D eigenvalue weighted by Gasteiger charge is -2.15. The zero-order valence-corrected chi connectivity index (χ0v) is 20.7. The van der Waals surface area contributed by atoms with E-state index < -0.39 is 0 Å². The third kappa shape index (κ3) is 4.50. The molecule has 1 fully saturated rings. The average Bonchev–Trinajstić information content (AvgIpc) is 3.57. The number of aryl methyl sites for hydroxylation is 1. The standard InChI is InChI=1S/C26H28N7OSi/c1-17-31-32-25-26(8-9-26)30-24(18-2-5-21(35)6-3-18)22-14-19(4-7-23(22)33(17)25)20(15-28)16-29-11-13-34-12-10-27/h2-7,14-16H,8-13,27-28H2,1H3. The van der Waals surface area contributed by atoms with E-state index in [1.54, 1.807) is 12.4 Å². The lowest BCUT2D eigenvalue weighted by atomic mass is 9.96. The van der Waals surface area contributed by atoms with Gasteiger partial charge in [-0.25, -0.2) is 0 Å². The van der Waals surface area contributed by atoms with Crippen LogP contribution in [0.4, 0.5) is 0 Å². The molecule has 9 heteroatoms. The second kappa shape index (κ2) is 9.69. The Morgan fingerprint density at radius 1 is 1.17 bits per heavy atom. The predicted octanol–water partition coefficient (Wildman–Crippen LogP) is 1.56. The molecule has 35 heavy (non-hydrogen) atoms. The molecule has 0 unspecified atom stereocenters. The van der Waals surface area contributed by atoms with E-state index in [1.165, 1.54) is 0 Å². The van der Waals surface area contributed by atoms with Crippen molar-refractivity contribution in [2.24, 2.45) is 21.5 Å². The van der Waals surface area contributed by atoms with Crippen LogP contribution in [0.25, 0.3) is 11.3 Å². The van der Waals surface area contributed by atoms with Gasteiger partial charge in [-0.1, -0.05) is 35.5 Å². The van der Waals surface area contributed by atoms with Crippen LogP contribution in [0.15, 0.2) is 58.6 Å². The Hall–Kier alpha value is -3.40. The highest BCUT2D eigenvalue weighted by molar-refractivity contribution is 6.32. The summed E-state index contributed by atoms with van der Waals surface area (Å²) in [5.74, 6) is 1.75. The molecule has 1 aliphatic heterocycles. The predicted molar refractivity (Wildman–Crippen MR) is 140 cm³/mol. The fourth-order valence-corrected chi connectivity index (χ4v) is 4.52. The van der Waals surface area contributed by atoms with E-state index in [2.05, 4.69) is 60.3 Å². The van der Waals surface area contributed by atoms with E-state index in [4.69, 9.17) is 21.2 Å². The van der Waals surface area contributed by atoms with Crippen LogP contribution in [0.2, 0.25) is 0 Å². The van der Waals surface area contributed by atoms with Gasteiger partial charge in [-0.2, -0.15) is 0 Å². The van der Waals surface area contributed by atoms with E-state index in [1.807, 2.05) is 19.1 Å². The van der Waals surface area contributed by atoms with Crippen molar-refractivity contribution in [1.29, 1.82) is 0 Å². The van der Waals surface area contributed by atoms with Crippen molar-refractivity contribution in [2.45, 2.75) is 25.3 Å². The third-order valence-electron chi connectivity index (χ3n) is 6.31. The molecule has 2 heterocycles. The molecule has 3 radical (unpaired) electrons. The number of nitrogens with two attached hydrogens (primary N) is 2. The van der Waals surface area contributed by atoms with E-state index >= 15 is 0 Å². The quantitative estimate of drug-likeness (QED) is 0.287. The molecule has 8 nitrogen and oxygen atoms in total. The van der Waals surface area contributed by atoms with E-state index in [0.29, 0.717) is 26.3 Å². The van der Waals surface area contributed by atoms with E-state index in [9.17, 15) is 0 Å². The van der Waals surface area contributed by atoms with Gasteiger partial charge in [0.05, 0.1) is 41.4 Å². The minimum atomic E-state index is -0.333. The molecule has 2 aliphatic rings. The third-order valence-corrected chi connectivity index (χ3v) is 6.64. The number of benzene rings is 2. The Morgan fingerprint density at radius 3 is 2.69 bits per heavy atom. The van der Waals surface area contributed by atoms with Crippen LogP contribution in [0, 0.1) is 6.92 Å². The lowest BCUT2D eigenvalue weighted by molar-refractivity contribution is 0.149. The van der Waals surface area contributed by atoms with Crippen LogP contribution in [0.5, 0.6) is 0 Å². The summed E-state index contributed by atoms with van der Waals surface area (Å²) < 4.78 is 7.55. The maximum atomic E-state index is 6.01. The number of hydrogen-bond acceptors (Lipinski definition) is 7. The summed E-state index contributed by atoms with van der Waals surface area (Å²) in [5.41, 5.74) is 16.9. The Kier molecular flexibility index (Phi) is 6.46. The highest BCUT2D eigenvalue weighted by atomic mass is 28.1. The van der Waals surface area contributed by atoms with Gasteiger partial charge in [0.25, 0.3) is 0 Å². The molecule has 5 rings (SSSR count). The van der Waals surface area contributed by atoms with E-state index in [0.717, 1.165) is 63.3 Å². The zero-order chi connectivity index (χ0) is 24.4. The molecule has 2 aromatic carbocycles. The second-order valence-corrected chi connectivity index (χ2v) is 9.34. The number of nitrogens with zero attached hydrogens (tertiary/aromatic N) is 5. The Labute approximate surface area is 208 Å². The number of aliphatic imine (C=N–C) groups is 2. The van der Waals surface area contributed by atoms with Gasteiger partial charge in [-0.15, -0.1) is 10.2 Å². The van der Waals surface area contributed by atoms with Gasteiger partial charge < -0.3 is 16.2 Å². The average molecular weight is 483 g/mol. The fourth-order valence-electron chi connectivity index (χ4n) is 4.36. The first-order chi connectivity index (χ1) is 17.1. The highest BCUT2D eigenvalue weighted by Crippen LogP contribution is 2.51. The van der Waals surface area contributed by atoms with Gasteiger partial charge in [0.15, 0.2) is 5.82 Å². The number of hydrogen-bond donors (Lipinski definition) is 2. The molecule has 0 amide bonds. The molecule has 4 N–H and O–H groups in total. The van der Waals surface area contributed by atoms with Crippen LogP contribution in [0.3, 0.4) is 0 Å². The van der Waals surface area contributed by atoms with Gasteiger partial charge in [-0.3, -0.25) is 14.6 Å². The molecule has 1 saturated carbocycles. The summed E-state index contributed by atoms with van der Waals surface area (Å²) in [6.07, 6.45) is 5.28. The summed E-state index contributed by atoms with van der Waals surface area (Å²) in [7, 11) is 3.60. The minimum Gasteiger partial charge on any atom is -0.404 e. The molecular formula is C26H28N7OSi. The molecule has 0 bridgehead atoms. The number of ether oxygens (including phenoxy) is 1. The molecule has 3 aromatic rings. The maximum Gasteiger partial charge on any atom is 0.165 e. The summed E-state index contributed by atoms with van der Waals surface area (Å²) in [4.78, 5) is 9.79. The van der Waals surface area contributed by atoms with Gasteiger partial charge in [0.1, 0.15) is 11.4 Å². The van der Waals surface area contributed by atoms with Crippen LogP contribution >= 0.6 is 0 Å². The Bertz CT molecular complexity index is 1320. The van der Waals surface area contributed by atoms with Crippen LogP contribution in [0.1, 0.15) is 41.2 Å². The first-order valence-electron chi connectivity index (χ1n) is 11.8. The van der Waals surface area contributed by atoms with Gasteiger partial charge >= 0.3 is 0 Å². The summed E-state index contributed by atoms with van der Waals surface area (Å²) in [5, 5.41) is 9.96. The molecular weight excluding hydrogens is 454 g/mol. The largest absolute Gasteiger partial charge is 0.404 e. The number of allylic oxidation sites excluding steroid dienone is 1. The topological polar surface area (TPSA) is 117 Å². The van der Waals surface area contributed by atoms with Gasteiger partial charge in [0.2, 0.25) is 0 Å². The molecule has 1 aromatic heterocycles. The van der Waals surface area contributed by atoms with Gasteiger partial charge in [-0.05, 0) is 37.5 Å². The molecule has 1 spiro atoms. The minimum absolute atomic E-state index is 0.333. The van der Waals surface area contributed by atoms with Crippen molar-refractivity contribution >= 4 is 32.9 Å². The monoisotopic (exact) mass is 482 g/mol. The fraction of sp³-hybridized carbons (Fsp3) is 0.308. The van der Waals surface area contributed by atoms with Crippen molar-refractivity contribution in [3.8, 4) is 5.69 Å². The Morgan fingerprint density at radius 2 is 1.97 bits per heavy atom. The van der Waals surface area contributed by atoms with Crippen molar-refractivity contribution < 1.29 is 4.74 Å². The molecule has 177 valence electrons. The van der Waals surface area contributed by atoms with Crippen molar-refractivity contribution in [1.82, 2.24) is 14.8 Å². The van der Waals surface area contributed by atoms with Crippen molar-refractivity contribution in [2.75, 3.05) is 26.3 Å². The summed E-state index contributed by atoms with van der Waals surface area (Å²) >= 11 is 0. The molecule has 1 aliphatic carbocycles. The lowest BCUT2D eigenvalue weighted by Crippen LogP contribution is -2.12. The van der Waals surface area contributed by atoms with Crippen molar-refractivity contribution in [3.05, 3.63) is 77.0 Å². The number of fused-ring (bicyclic) bond motifs is 4. The first-order valence-corrected chi connectivity index (χ1v) is 12.3. The highest BCUT2D eigenvalue weighted by Gasteiger charge is 2.51. The SMILES string of the molecule is Cc1nnc2n1-c1ccc(C(C=NCCOCCN)=CN)cc1C(c1ccc([Si])cc1)=NC21CC1. The van der Waals surface area contributed by atoms with Crippen molar-refractivity contribution in [3.63, 3.8) is 0 Å². The summed E-state index contributed by atoms with van der Waals surface area (Å²) in [6.45, 7) is 4.08. The van der Waals surface area contributed by atoms with Gasteiger partial charge in [0, 0.05) is 35.7 Å². The smallest absolute Gasteiger partial charge is 0.165 e. The number of rotatable bonds is 8. The van der Waals surface area contributed by atoms with Crippen LogP contribution in [-0.2, 0) is 10.3 Å². The molecule has 0 atom stereocenters. The van der Waals surface area contributed by atoms with Crippen LogP contribution < -0.4 is 16.7 Å². The zero-order valence-electron chi connectivity index (χ0n) is 19.7. The van der Waals surface area contributed by atoms with E-state index in [-0.39, 0.29) is 5.54 Å². The first kappa shape index (κ1) is 23.3. The van der Waals surface area contributed by atoms with Crippen LogP contribution in [-0.4, -0.2) is 63.2 Å². The maximum absolute atomic E-state index is 6.01. The molecule has 0 saturated heterocycles.